The SMILES string of the molecule is O=C(O)c1cnc2[nH]cc(-c3cccc(CCC(=O)c4cccn(Cc5ccc(F)c(F)c5)c4=O)c3)c2c1. The van der Waals surface area contributed by atoms with Gasteiger partial charge in [-0.3, -0.25) is 9.59 Å². The number of aromatic amines is 1. The molecular formula is C29H21F2N3O4. The molecule has 0 atom stereocenters. The molecule has 9 heteroatoms. The second-order valence-electron chi connectivity index (χ2n) is 8.85. The van der Waals surface area contributed by atoms with Crippen LogP contribution in [0.4, 0.5) is 8.78 Å². The summed E-state index contributed by atoms with van der Waals surface area (Å²) in [4.78, 5) is 44.4. The molecule has 0 unspecified atom stereocenters. The lowest BCUT2D eigenvalue weighted by Crippen LogP contribution is -2.26. The van der Waals surface area contributed by atoms with Gasteiger partial charge in [-0.2, -0.15) is 0 Å². The molecule has 2 N–H and O–H groups in total. The fourth-order valence-corrected chi connectivity index (χ4v) is 4.35. The van der Waals surface area contributed by atoms with Crippen LogP contribution in [0.15, 0.2) is 84.0 Å². The van der Waals surface area contributed by atoms with Crippen molar-refractivity contribution in [3.8, 4) is 11.1 Å². The minimum Gasteiger partial charge on any atom is -0.478 e. The number of Topliss-reactive ketones (excluding diaryl/α,β-unsaturated/α-hetero) is 1. The van der Waals surface area contributed by atoms with Crippen LogP contribution in [0.25, 0.3) is 22.2 Å². The minimum atomic E-state index is -1.07. The van der Waals surface area contributed by atoms with Crippen molar-refractivity contribution in [2.45, 2.75) is 19.4 Å². The van der Waals surface area contributed by atoms with E-state index in [9.17, 15) is 28.3 Å². The number of fused-ring (bicyclic) bond motifs is 1. The van der Waals surface area contributed by atoms with Crippen molar-refractivity contribution in [3.63, 3.8) is 0 Å². The third kappa shape index (κ3) is 4.99. The normalized spacial score (nSPS) is 11.1. The number of aromatic carboxylic acids is 1. The zero-order chi connectivity index (χ0) is 26.8. The number of hydrogen-bond donors (Lipinski definition) is 2. The summed E-state index contributed by atoms with van der Waals surface area (Å²) < 4.78 is 28.1. The van der Waals surface area contributed by atoms with E-state index in [1.807, 2.05) is 24.3 Å². The Kier molecular flexibility index (Phi) is 6.66. The van der Waals surface area contributed by atoms with Gasteiger partial charge in [0.05, 0.1) is 17.7 Å². The molecule has 0 fully saturated rings. The first-order chi connectivity index (χ1) is 18.3. The Labute approximate surface area is 215 Å². The Balaban J connectivity index is 1.33. The van der Waals surface area contributed by atoms with Gasteiger partial charge in [0.15, 0.2) is 17.4 Å². The van der Waals surface area contributed by atoms with Crippen LogP contribution in [0.3, 0.4) is 0 Å². The lowest BCUT2D eigenvalue weighted by Gasteiger charge is -2.09. The van der Waals surface area contributed by atoms with Gasteiger partial charge in [-0.1, -0.05) is 30.3 Å². The number of pyridine rings is 2. The molecule has 5 rings (SSSR count). The highest BCUT2D eigenvalue weighted by Gasteiger charge is 2.15. The third-order valence-corrected chi connectivity index (χ3v) is 6.31. The van der Waals surface area contributed by atoms with E-state index in [2.05, 4.69) is 9.97 Å². The Hall–Kier alpha value is -4.92. The summed E-state index contributed by atoms with van der Waals surface area (Å²) in [5.41, 5.74) is 3.05. The highest BCUT2D eigenvalue weighted by atomic mass is 19.2. The molecule has 0 aliphatic rings. The molecule has 5 aromatic rings. The fourth-order valence-electron chi connectivity index (χ4n) is 4.35. The van der Waals surface area contributed by atoms with Crippen molar-refractivity contribution >= 4 is 22.8 Å². The number of carboxylic acids is 1. The fraction of sp³-hybridized carbons (Fsp3) is 0.103. The Morgan fingerprint density at radius 2 is 1.82 bits per heavy atom. The lowest BCUT2D eigenvalue weighted by molar-refractivity contribution is 0.0696. The molecule has 0 radical (unpaired) electrons. The Morgan fingerprint density at radius 1 is 0.974 bits per heavy atom. The maximum Gasteiger partial charge on any atom is 0.337 e. The van der Waals surface area contributed by atoms with Gasteiger partial charge in [-0.05, 0) is 53.4 Å². The number of hydrogen-bond acceptors (Lipinski definition) is 4. The van der Waals surface area contributed by atoms with Gasteiger partial charge >= 0.3 is 5.97 Å². The van der Waals surface area contributed by atoms with Gasteiger partial charge in [0.1, 0.15) is 5.65 Å². The first kappa shape index (κ1) is 24.8. The molecule has 3 heterocycles. The van der Waals surface area contributed by atoms with E-state index in [1.54, 1.807) is 18.3 Å². The molecule has 0 spiro atoms. The largest absolute Gasteiger partial charge is 0.478 e. The number of halogens is 2. The van der Waals surface area contributed by atoms with E-state index in [0.29, 0.717) is 23.0 Å². The zero-order valence-electron chi connectivity index (χ0n) is 19.9. The van der Waals surface area contributed by atoms with Gasteiger partial charge in [-0.25, -0.2) is 18.6 Å². The molecule has 7 nitrogen and oxygen atoms in total. The number of H-pyrrole nitrogens is 1. The number of nitrogens with zero attached hydrogens (tertiary/aromatic N) is 2. The molecule has 2 aromatic carbocycles. The number of carboxylic acid groups (broad SMARTS) is 1. The van der Waals surface area contributed by atoms with Crippen molar-refractivity contribution in [2.24, 2.45) is 0 Å². The maximum atomic E-state index is 13.6. The summed E-state index contributed by atoms with van der Waals surface area (Å²) in [5.74, 6) is -3.37. The smallest absolute Gasteiger partial charge is 0.337 e. The predicted molar refractivity (Wildman–Crippen MR) is 137 cm³/mol. The van der Waals surface area contributed by atoms with E-state index in [1.165, 1.54) is 29.1 Å². The van der Waals surface area contributed by atoms with Crippen LogP contribution >= 0.6 is 0 Å². The summed E-state index contributed by atoms with van der Waals surface area (Å²) in [6.45, 7) is 0.00225. The Morgan fingerprint density at radius 3 is 2.61 bits per heavy atom. The van der Waals surface area contributed by atoms with Crippen LogP contribution in [-0.2, 0) is 13.0 Å². The summed E-state index contributed by atoms with van der Waals surface area (Å²) in [7, 11) is 0. The first-order valence-corrected chi connectivity index (χ1v) is 11.8. The number of carbonyl (C=O) groups is 2. The van der Waals surface area contributed by atoms with E-state index in [4.69, 9.17) is 0 Å². The van der Waals surface area contributed by atoms with Crippen molar-refractivity contribution in [3.05, 3.63) is 123 Å². The molecule has 3 aromatic heterocycles. The number of ketones is 1. The van der Waals surface area contributed by atoms with Crippen LogP contribution in [0.2, 0.25) is 0 Å². The predicted octanol–water partition coefficient (Wildman–Crippen LogP) is 5.23. The summed E-state index contributed by atoms with van der Waals surface area (Å²) in [6.07, 6.45) is 5.02. The molecule has 0 amide bonds. The van der Waals surface area contributed by atoms with Crippen LogP contribution in [0, 0.1) is 11.6 Å². The van der Waals surface area contributed by atoms with E-state index in [0.717, 1.165) is 28.8 Å². The molecular weight excluding hydrogens is 492 g/mol. The maximum absolute atomic E-state index is 13.6. The van der Waals surface area contributed by atoms with Gasteiger partial charge in [-0.15, -0.1) is 0 Å². The molecule has 0 bridgehead atoms. The van der Waals surface area contributed by atoms with Crippen LogP contribution in [0.5, 0.6) is 0 Å². The molecule has 0 saturated heterocycles. The van der Waals surface area contributed by atoms with Crippen LogP contribution < -0.4 is 5.56 Å². The van der Waals surface area contributed by atoms with Crippen LogP contribution in [-0.4, -0.2) is 31.4 Å². The standard InChI is InChI=1S/C29H21F2N3O4/c30-24-8-6-18(12-25(24)31)16-34-10-2-5-21(28(34)36)26(35)9-7-17-3-1-4-19(11-17)23-15-33-27-22(23)13-20(14-32-27)29(37)38/h1-6,8,10-15H,7,9,16H2,(H,32,33)(H,37,38). The number of nitrogens with one attached hydrogen (secondary N) is 1. The van der Waals surface area contributed by atoms with Crippen molar-refractivity contribution < 1.29 is 23.5 Å². The van der Waals surface area contributed by atoms with Crippen molar-refractivity contribution in [1.29, 1.82) is 0 Å². The van der Waals surface area contributed by atoms with Crippen LogP contribution in [0.1, 0.15) is 38.3 Å². The second kappa shape index (κ2) is 10.2. The average molecular weight is 514 g/mol. The molecule has 190 valence electrons. The summed E-state index contributed by atoms with van der Waals surface area (Å²) in [5, 5.41) is 9.97. The number of aromatic nitrogens is 3. The van der Waals surface area contributed by atoms with Gasteiger partial charge in [0.25, 0.3) is 5.56 Å². The second-order valence-corrected chi connectivity index (χ2v) is 8.85. The van der Waals surface area contributed by atoms with E-state index in [-0.39, 0.29) is 29.9 Å². The molecule has 38 heavy (non-hydrogen) atoms. The minimum absolute atomic E-state index is 0.00225. The first-order valence-electron chi connectivity index (χ1n) is 11.8. The number of benzene rings is 2. The zero-order valence-corrected chi connectivity index (χ0v) is 19.9. The number of aryl methyl sites for hydroxylation is 1. The van der Waals surface area contributed by atoms with Crippen molar-refractivity contribution in [1.82, 2.24) is 14.5 Å². The highest BCUT2D eigenvalue weighted by Crippen LogP contribution is 2.29. The summed E-state index contributed by atoms with van der Waals surface area (Å²) >= 11 is 0. The number of rotatable bonds is 8. The van der Waals surface area contributed by atoms with Gasteiger partial charge < -0.3 is 14.7 Å². The van der Waals surface area contributed by atoms with Gasteiger partial charge in [0, 0.05) is 36.0 Å². The number of carbonyl (C=O) groups excluding carboxylic acids is 1. The van der Waals surface area contributed by atoms with E-state index >= 15 is 0 Å². The molecule has 0 aliphatic carbocycles. The van der Waals surface area contributed by atoms with E-state index < -0.39 is 23.2 Å². The highest BCUT2D eigenvalue weighted by molar-refractivity contribution is 5.99. The van der Waals surface area contributed by atoms with Crippen molar-refractivity contribution in [2.75, 3.05) is 0 Å². The quantitative estimate of drug-likeness (QED) is 0.277. The monoisotopic (exact) mass is 513 g/mol. The third-order valence-electron chi connectivity index (χ3n) is 6.31. The topological polar surface area (TPSA) is 105 Å². The summed E-state index contributed by atoms with van der Waals surface area (Å²) in [6, 6.07) is 15.5. The lowest BCUT2D eigenvalue weighted by atomic mass is 9.99. The Bertz CT molecular complexity index is 1760. The molecule has 0 aliphatic heterocycles. The average Bonchev–Trinajstić information content (AvgIpc) is 3.34. The van der Waals surface area contributed by atoms with Gasteiger partial charge in [0.2, 0.25) is 0 Å². The molecule has 0 saturated carbocycles.